The van der Waals surface area contributed by atoms with Gasteiger partial charge in [-0.15, -0.1) is 0 Å². The van der Waals surface area contributed by atoms with E-state index in [0.29, 0.717) is 23.6 Å². The van der Waals surface area contributed by atoms with E-state index in [1.807, 2.05) is 13.8 Å². The van der Waals surface area contributed by atoms with Crippen LogP contribution >= 0.6 is 0 Å². The fraction of sp³-hybridized carbons (Fsp3) is 0.294. The summed E-state index contributed by atoms with van der Waals surface area (Å²) in [6.07, 6.45) is 0.748. The molecule has 0 spiro atoms. The molecule has 1 amide bonds. The number of rotatable bonds is 7. The van der Waals surface area contributed by atoms with Crippen LogP contribution in [0.2, 0.25) is 0 Å². The fourth-order valence-corrected chi connectivity index (χ4v) is 1.93. The monoisotopic (exact) mass is 301 g/mol. The zero-order valence-electron chi connectivity index (χ0n) is 12.7. The van der Waals surface area contributed by atoms with Crippen molar-refractivity contribution in [2.45, 2.75) is 20.3 Å². The Labute approximate surface area is 129 Å². The molecule has 1 heterocycles. The Morgan fingerprint density at radius 3 is 2.41 bits per heavy atom. The normalized spacial score (nSPS) is 10.5. The number of aryl methyl sites for hydroxylation is 1. The molecule has 5 nitrogen and oxygen atoms in total. The molecule has 1 aromatic carbocycles. The third-order valence-corrected chi connectivity index (χ3v) is 3.10. The topological polar surface area (TPSA) is 68.5 Å². The van der Waals surface area contributed by atoms with E-state index in [1.54, 1.807) is 36.4 Å². The average Bonchev–Trinajstić information content (AvgIpc) is 3.02. The van der Waals surface area contributed by atoms with Crippen molar-refractivity contribution in [3.63, 3.8) is 0 Å². The zero-order chi connectivity index (χ0) is 15.9. The highest BCUT2D eigenvalue weighted by Gasteiger charge is 2.13. The number of hydrogen-bond donors (Lipinski definition) is 1. The Morgan fingerprint density at radius 2 is 1.82 bits per heavy atom. The summed E-state index contributed by atoms with van der Waals surface area (Å²) in [5.74, 6) is 0.708. The van der Waals surface area contributed by atoms with Crippen molar-refractivity contribution >= 4 is 17.4 Å². The number of furan rings is 1. The van der Waals surface area contributed by atoms with Crippen LogP contribution in [0.4, 0.5) is 5.69 Å². The number of hydrogen-bond acceptors (Lipinski definition) is 4. The van der Waals surface area contributed by atoms with Gasteiger partial charge in [-0.05, 0) is 43.3 Å². The first kappa shape index (κ1) is 16.0. The van der Waals surface area contributed by atoms with Crippen molar-refractivity contribution in [1.82, 2.24) is 0 Å². The van der Waals surface area contributed by atoms with E-state index in [1.165, 1.54) is 0 Å². The first-order valence-corrected chi connectivity index (χ1v) is 7.25. The molecule has 5 heteroatoms. The largest absolute Gasteiger partial charge is 0.458 e. The summed E-state index contributed by atoms with van der Waals surface area (Å²) in [7, 11) is 0. The number of carbonyl (C=O) groups is 2. The van der Waals surface area contributed by atoms with Gasteiger partial charge in [-0.3, -0.25) is 9.59 Å². The Hall–Kier alpha value is -2.40. The second kappa shape index (κ2) is 7.56. The molecule has 0 fully saturated rings. The van der Waals surface area contributed by atoms with E-state index in [2.05, 4.69) is 5.32 Å². The van der Waals surface area contributed by atoms with Crippen LogP contribution in [0.1, 0.15) is 35.7 Å². The molecule has 0 saturated heterocycles. The highest BCUT2D eigenvalue weighted by atomic mass is 16.5. The predicted molar refractivity (Wildman–Crippen MR) is 83.1 cm³/mol. The number of anilines is 1. The van der Waals surface area contributed by atoms with Crippen LogP contribution in [0.25, 0.3) is 0 Å². The maximum atomic E-state index is 12.2. The lowest BCUT2D eigenvalue weighted by molar-refractivity contribution is -0.120. The molecule has 0 aliphatic heterocycles. The molecule has 22 heavy (non-hydrogen) atoms. The van der Waals surface area contributed by atoms with Crippen molar-refractivity contribution in [2.75, 3.05) is 18.5 Å². The Morgan fingerprint density at radius 1 is 1.09 bits per heavy atom. The van der Waals surface area contributed by atoms with Crippen molar-refractivity contribution in [3.8, 4) is 0 Å². The summed E-state index contributed by atoms with van der Waals surface area (Å²) >= 11 is 0. The first-order chi connectivity index (χ1) is 10.6. The van der Waals surface area contributed by atoms with Gasteiger partial charge in [0.1, 0.15) is 12.4 Å². The summed E-state index contributed by atoms with van der Waals surface area (Å²) < 4.78 is 10.5. The van der Waals surface area contributed by atoms with Crippen LogP contribution in [0.5, 0.6) is 0 Å². The van der Waals surface area contributed by atoms with Crippen LogP contribution < -0.4 is 5.32 Å². The quantitative estimate of drug-likeness (QED) is 0.798. The summed E-state index contributed by atoms with van der Waals surface area (Å²) in [6.45, 7) is 4.30. The van der Waals surface area contributed by atoms with Crippen molar-refractivity contribution in [2.24, 2.45) is 0 Å². The third kappa shape index (κ3) is 4.05. The van der Waals surface area contributed by atoms with E-state index in [0.717, 1.165) is 12.2 Å². The van der Waals surface area contributed by atoms with Gasteiger partial charge in [-0.1, -0.05) is 6.92 Å². The SMILES string of the molecule is CCOCC(=O)Nc1ccc(C(=O)c2ccc(CC)o2)cc1. The minimum atomic E-state index is -0.223. The third-order valence-electron chi connectivity index (χ3n) is 3.10. The van der Waals surface area contributed by atoms with Gasteiger partial charge in [0, 0.05) is 24.3 Å². The highest BCUT2D eigenvalue weighted by Crippen LogP contribution is 2.16. The van der Waals surface area contributed by atoms with Crippen LogP contribution in [0.3, 0.4) is 0 Å². The number of benzene rings is 1. The number of nitrogens with one attached hydrogen (secondary N) is 1. The number of ether oxygens (including phenoxy) is 1. The second-order valence-corrected chi connectivity index (χ2v) is 4.71. The van der Waals surface area contributed by atoms with Crippen molar-refractivity contribution < 1.29 is 18.7 Å². The standard InChI is InChI=1S/C17H19NO4/c1-3-14-9-10-15(22-14)17(20)12-5-7-13(8-6-12)18-16(19)11-21-4-2/h5-10H,3-4,11H2,1-2H3,(H,18,19). The molecule has 116 valence electrons. The van der Waals surface area contributed by atoms with Crippen LogP contribution in [0.15, 0.2) is 40.8 Å². The van der Waals surface area contributed by atoms with E-state index in [4.69, 9.17) is 9.15 Å². The lowest BCUT2D eigenvalue weighted by Crippen LogP contribution is -2.18. The minimum Gasteiger partial charge on any atom is -0.458 e. The molecule has 1 N–H and O–H groups in total. The summed E-state index contributed by atoms with van der Waals surface area (Å²) in [6, 6.07) is 10.2. The molecule has 0 radical (unpaired) electrons. The van der Waals surface area contributed by atoms with E-state index >= 15 is 0 Å². The van der Waals surface area contributed by atoms with E-state index in [9.17, 15) is 9.59 Å². The van der Waals surface area contributed by atoms with Crippen LogP contribution in [-0.4, -0.2) is 24.9 Å². The second-order valence-electron chi connectivity index (χ2n) is 4.71. The Balaban J connectivity index is 2.02. The maximum absolute atomic E-state index is 12.2. The Kier molecular flexibility index (Phi) is 5.49. The van der Waals surface area contributed by atoms with E-state index < -0.39 is 0 Å². The van der Waals surface area contributed by atoms with Crippen molar-refractivity contribution in [1.29, 1.82) is 0 Å². The molecule has 0 atom stereocenters. The van der Waals surface area contributed by atoms with Gasteiger partial charge >= 0.3 is 0 Å². The predicted octanol–water partition coefficient (Wildman–Crippen LogP) is 3.05. The van der Waals surface area contributed by atoms with Gasteiger partial charge in [0.2, 0.25) is 11.7 Å². The van der Waals surface area contributed by atoms with Gasteiger partial charge < -0.3 is 14.5 Å². The summed E-state index contributed by atoms with van der Waals surface area (Å²) in [5, 5.41) is 2.70. The molecule has 0 unspecified atom stereocenters. The molecule has 2 aromatic rings. The molecule has 1 aromatic heterocycles. The molecule has 0 aliphatic rings. The van der Waals surface area contributed by atoms with Crippen LogP contribution in [0, 0.1) is 0 Å². The first-order valence-electron chi connectivity index (χ1n) is 7.25. The average molecular weight is 301 g/mol. The van der Waals surface area contributed by atoms with Gasteiger partial charge in [-0.2, -0.15) is 0 Å². The summed E-state index contributed by atoms with van der Waals surface area (Å²) in [4.78, 5) is 23.8. The molecule has 0 bridgehead atoms. The maximum Gasteiger partial charge on any atom is 0.250 e. The highest BCUT2D eigenvalue weighted by molar-refractivity contribution is 6.07. The molecular weight excluding hydrogens is 282 g/mol. The molecule has 0 saturated carbocycles. The Bertz CT molecular complexity index is 643. The smallest absolute Gasteiger partial charge is 0.250 e. The lowest BCUT2D eigenvalue weighted by Gasteiger charge is -2.06. The molecule has 0 aliphatic carbocycles. The fourth-order valence-electron chi connectivity index (χ4n) is 1.93. The molecule has 2 rings (SSSR count). The minimum absolute atomic E-state index is 0.0172. The number of ketones is 1. The van der Waals surface area contributed by atoms with Gasteiger partial charge in [0.05, 0.1) is 0 Å². The van der Waals surface area contributed by atoms with Gasteiger partial charge in [0.25, 0.3) is 0 Å². The van der Waals surface area contributed by atoms with Crippen molar-refractivity contribution in [3.05, 3.63) is 53.5 Å². The summed E-state index contributed by atoms with van der Waals surface area (Å²) in [5.41, 5.74) is 1.13. The van der Waals surface area contributed by atoms with Crippen LogP contribution in [-0.2, 0) is 16.0 Å². The molecular formula is C17H19NO4. The lowest BCUT2D eigenvalue weighted by atomic mass is 10.1. The zero-order valence-corrected chi connectivity index (χ0v) is 12.7. The number of amides is 1. The van der Waals surface area contributed by atoms with Gasteiger partial charge in [0.15, 0.2) is 5.76 Å². The van der Waals surface area contributed by atoms with Gasteiger partial charge in [-0.25, -0.2) is 0 Å². The number of carbonyl (C=O) groups excluding carboxylic acids is 2. The van der Waals surface area contributed by atoms with E-state index in [-0.39, 0.29) is 18.3 Å².